The maximum absolute atomic E-state index is 11.9. The Labute approximate surface area is 106 Å². The maximum Gasteiger partial charge on any atom is 0.214 e. The highest BCUT2D eigenvalue weighted by Gasteiger charge is 2.26. The summed E-state index contributed by atoms with van der Waals surface area (Å²) in [5.74, 6) is 0.945. The minimum Gasteiger partial charge on any atom is -0.316 e. The summed E-state index contributed by atoms with van der Waals surface area (Å²) in [5.41, 5.74) is 0. The fourth-order valence-electron chi connectivity index (χ4n) is 2.26. The lowest BCUT2D eigenvalue weighted by molar-refractivity contribution is 0.267. The zero-order chi connectivity index (χ0) is 12.7. The van der Waals surface area contributed by atoms with Crippen molar-refractivity contribution in [2.75, 3.05) is 31.9 Å². The Balaban J connectivity index is 2.30. The molecule has 0 amide bonds. The summed E-state index contributed by atoms with van der Waals surface area (Å²) in [6, 6.07) is 0. The van der Waals surface area contributed by atoms with Crippen LogP contribution in [0.25, 0.3) is 0 Å². The maximum atomic E-state index is 11.9. The van der Waals surface area contributed by atoms with Gasteiger partial charge in [-0.3, -0.25) is 0 Å². The average Bonchev–Trinajstić information content (AvgIpc) is 2.30. The molecule has 0 aromatic carbocycles. The molecule has 1 heterocycles. The van der Waals surface area contributed by atoms with Gasteiger partial charge in [0.2, 0.25) is 10.0 Å². The smallest absolute Gasteiger partial charge is 0.214 e. The molecule has 4 nitrogen and oxygen atoms in total. The van der Waals surface area contributed by atoms with Gasteiger partial charge in [-0.25, -0.2) is 12.7 Å². The number of hydrogen-bond acceptors (Lipinski definition) is 3. The largest absolute Gasteiger partial charge is 0.316 e. The Morgan fingerprint density at radius 2 is 1.82 bits per heavy atom. The molecule has 1 rings (SSSR count). The zero-order valence-corrected chi connectivity index (χ0v) is 11.9. The van der Waals surface area contributed by atoms with E-state index in [9.17, 15) is 8.42 Å². The molecule has 1 fully saturated rings. The predicted octanol–water partition coefficient (Wildman–Crippen LogP) is 1.44. The Bertz CT molecular complexity index is 296. The normalized spacial score (nSPS) is 19.6. The van der Waals surface area contributed by atoms with Crippen molar-refractivity contribution >= 4 is 10.0 Å². The molecule has 0 bridgehead atoms. The van der Waals surface area contributed by atoms with E-state index in [0.717, 1.165) is 32.4 Å². The first-order chi connectivity index (χ1) is 8.10. The summed E-state index contributed by atoms with van der Waals surface area (Å²) in [6.07, 6.45) is 3.86. The van der Waals surface area contributed by atoms with Crippen LogP contribution in [-0.4, -0.2) is 44.7 Å². The minimum atomic E-state index is -2.97. The van der Waals surface area contributed by atoms with Crippen molar-refractivity contribution in [2.24, 2.45) is 5.92 Å². The van der Waals surface area contributed by atoms with Crippen LogP contribution in [0, 0.1) is 5.92 Å². The van der Waals surface area contributed by atoms with E-state index in [1.54, 1.807) is 4.31 Å². The van der Waals surface area contributed by atoms with Crippen molar-refractivity contribution in [1.29, 1.82) is 0 Å². The third-order valence-electron chi connectivity index (χ3n) is 3.29. The molecule has 1 aliphatic heterocycles. The third-order valence-corrected chi connectivity index (χ3v) is 5.36. The van der Waals surface area contributed by atoms with Crippen LogP contribution in [0.4, 0.5) is 0 Å². The van der Waals surface area contributed by atoms with Gasteiger partial charge in [-0.2, -0.15) is 0 Å². The number of nitrogens with one attached hydrogen (secondary N) is 1. The second-order valence-corrected chi connectivity index (χ2v) is 6.95. The van der Waals surface area contributed by atoms with Crippen LogP contribution in [0.3, 0.4) is 0 Å². The lowest BCUT2D eigenvalue weighted by Gasteiger charge is -2.31. The van der Waals surface area contributed by atoms with Crippen LogP contribution < -0.4 is 5.32 Å². The summed E-state index contributed by atoms with van der Waals surface area (Å²) < 4.78 is 25.4. The first-order valence-electron chi connectivity index (χ1n) is 6.78. The number of rotatable bonds is 7. The van der Waals surface area contributed by atoms with Crippen molar-refractivity contribution in [3.63, 3.8) is 0 Å². The molecular formula is C12H26N2O2S. The molecule has 0 saturated carbocycles. The first kappa shape index (κ1) is 14.9. The number of hydrogen-bond donors (Lipinski definition) is 1. The Hall–Kier alpha value is -0.130. The fraction of sp³-hybridized carbons (Fsp3) is 1.00. The number of sulfonamides is 1. The van der Waals surface area contributed by atoms with Gasteiger partial charge >= 0.3 is 0 Å². The van der Waals surface area contributed by atoms with Gasteiger partial charge in [0.15, 0.2) is 0 Å². The van der Waals surface area contributed by atoms with Crippen molar-refractivity contribution in [2.45, 2.75) is 39.5 Å². The molecule has 0 atom stereocenters. The third kappa shape index (κ3) is 4.94. The summed E-state index contributed by atoms with van der Waals surface area (Å²) in [7, 11) is -2.97. The second-order valence-electron chi connectivity index (χ2n) is 4.86. The zero-order valence-electron chi connectivity index (χ0n) is 11.1. The van der Waals surface area contributed by atoms with E-state index >= 15 is 0 Å². The van der Waals surface area contributed by atoms with Crippen LogP contribution in [0.15, 0.2) is 0 Å². The summed E-state index contributed by atoms with van der Waals surface area (Å²) >= 11 is 0. The summed E-state index contributed by atoms with van der Waals surface area (Å²) in [5, 5.41) is 3.42. The molecule has 0 spiro atoms. The van der Waals surface area contributed by atoms with E-state index in [1.807, 2.05) is 6.92 Å². The van der Waals surface area contributed by atoms with E-state index in [4.69, 9.17) is 0 Å². The van der Waals surface area contributed by atoms with Gasteiger partial charge in [0.25, 0.3) is 0 Å². The lowest BCUT2D eigenvalue weighted by atomic mass is 9.98. The van der Waals surface area contributed by atoms with E-state index in [2.05, 4.69) is 12.2 Å². The van der Waals surface area contributed by atoms with Crippen LogP contribution >= 0.6 is 0 Å². The van der Waals surface area contributed by atoms with Gasteiger partial charge in [0.1, 0.15) is 0 Å². The van der Waals surface area contributed by atoms with Crippen molar-refractivity contribution in [3.05, 3.63) is 0 Å². The molecule has 1 N–H and O–H groups in total. The van der Waals surface area contributed by atoms with Gasteiger partial charge in [0, 0.05) is 13.1 Å². The van der Waals surface area contributed by atoms with Gasteiger partial charge in [0.05, 0.1) is 5.75 Å². The van der Waals surface area contributed by atoms with E-state index in [1.165, 1.54) is 0 Å². The van der Waals surface area contributed by atoms with Crippen molar-refractivity contribution in [1.82, 2.24) is 9.62 Å². The Kier molecular flexibility index (Phi) is 6.44. The second kappa shape index (κ2) is 7.34. The van der Waals surface area contributed by atoms with Crippen LogP contribution in [0.2, 0.25) is 0 Å². The van der Waals surface area contributed by atoms with Crippen LogP contribution in [0.1, 0.15) is 39.5 Å². The van der Waals surface area contributed by atoms with E-state index < -0.39 is 10.0 Å². The van der Waals surface area contributed by atoms with E-state index in [0.29, 0.717) is 31.2 Å². The monoisotopic (exact) mass is 262 g/mol. The molecule has 1 saturated heterocycles. The molecule has 0 aromatic heterocycles. The van der Waals surface area contributed by atoms with E-state index in [-0.39, 0.29) is 0 Å². The van der Waals surface area contributed by atoms with Crippen molar-refractivity contribution < 1.29 is 8.42 Å². The molecule has 0 unspecified atom stereocenters. The molecule has 0 aliphatic carbocycles. The molecule has 17 heavy (non-hydrogen) atoms. The SMILES string of the molecule is CCCNCC1CCN(S(=O)(=O)CCC)CC1. The lowest BCUT2D eigenvalue weighted by Crippen LogP contribution is -2.41. The highest BCUT2D eigenvalue weighted by Crippen LogP contribution is 2.19. The van der Waals surface area contributed by atoms with Gasteiger partial charge in [-0.15, -0.1) is 0 Å². The topological polar surface area (TPSA) is 49.4 Å². The molecular weight excluding hydrogens is 236 g/mol. The Morgan fingerprint density at radius 3 is 2.35 bits per heavy atom. The fourth-order valence-corrected chi connectivity index (χ4v) is 3.80. The summed E-state index contributed by atoms with van der Waals surface area (Å²) in [4.78, 5) is 0. The number of piperidine rings is 1. The summed E-state index contributed by atoms with van der Waals surface area (Å²) in [6.45, 7) is 7.59. The molecule has 0 aromatic rings. The first-order valence-corrected chi connectivity index (χ1v) is 8.39. The van der Waals surface area contributed by atoms with Gasteiger partial charge < -0.3 is 5.32 Å². The highest BCUT2D eigenvalue weighted by atomic mass is 32.2. The van der Waals surface area contributed by atoms with Gasteiger partial charge in [-0.05, 0) is 44.7 Å². The Morgan fingerprint density at radius 1 is 1.18 bits per heavy atom. The molecule has 1 aliphatic rings. The molecule has 0 radical (unpaired) electrons. The highest BCUT2D eigenvalue weighted by molar-refractivity contribution is 7.89. The van der Waals surface area contributed by atoms with Crippen molar-refractivity contribution in [3.8, 4) is 0 Å². The van der Waals surface area contributed by atoms with Crippen LogP contribution in [0.5, 0.6) is 0 Å². The standard InChI is InChI=1S/C12H26N2O2S/c1-3-7-13-11-12-5-8-14(9-6-12)17(15,16)10-4-2/h12-13H,3-11H2,1-2H3. The number of nitrogens with zero attached hydrogens (tertiary/aromatic N) is 1. The predicted molar refractivity (Wildman–Crippen MR) is 71.5 cm³/mol. The minimum absolute atomic E-state index is 0.297. The van der Waals surface area contributed by atoms with Crippen LogP contribution in [-0.2, 0) is 10.0 Å². The van der Waals surface area contributed by atoms with Gasteiger partial charge in [-0.1, -0.05) is 13.8 Å². The average molecular weight is 262 g/mol. The molecule has 5 heteroatoms. The quantitative estimate of drug-likeness (QED) is 0.706. The molecule has 102 valence electrons.